The minimum atomic E-state index is -0.331. The van der Waals surface area contributed by atoms with Crippen molar-refractivity contribution >= 4 is 5.97 Å². The van der Waals surface area contributed by atoms with Crippen LogP contribution in [0, 0.1) is 0 Å². The first-order valence-corrected chi connectivity index (χ1v) is 10.6. The van der Waals surface area contributed by atoms with Gasteiger partial charge in [0.25, 0.3) is 0 Å². The summed E-state index contributed by atoms with van der Waals surface area (Å²) in [6, 6.07) is 3.44. The van der Waals surface area contributed by atoms with Crippen LogP contribution < -0.4 is 0 Å². The lowest BCUT2D eigenvalue weighted by Crippen LogP contribution is -2.05. The number of pyridine rings is 1. The number of nitrogens with zero attached hydrogens (tertiary/aromatic N) is 1. The highest BCUT2D eigenvalue weighted by Crippen LogP contribution is 2.13. The number of carbonyl (C=O) groups is 1. The van der Waals surface area contributed by atoms with Gasteiger partial charge in [0, 0.05) is 12.4 Å². The number of carbonyl (C=O) groups excluding carboxylic acids is 1. The molecule has 0 fully saturated rings. The third kappa shape index (κ3) is 12.6. The van der Waals surface area contributed by atoms with E-state index >= 15 is 0 Å². The molecule has 158 valence electrons. The Bertz CT molecular complexity index is 735. The van der Waals surface area contributed by atoms with Crippen molar-refractivity contribution < 1.29 is 9.53 Å². The predicted octanol–water partition coefficient (Wildman–Crippen LogP) is 7.38. The normalized spacial score (nSPS) is 12.7. The lowest BCUT2D eigenvalue weighted by molar-refractivity contribution is 0.0548. The Balaban J connectivity index is 2.24. The highest BCUT2D eigenvalue weighted by atomic mass is 16.5. The minimum Gasteiger partial charge on any atom is -0.458 e. The summed E-state index contributed by atoms with van der Waals surface area (Å²) < 4.78 is 5.26. The maximum Gasteiger partial charge on any atom is 0.340 e. The Morgan fingerprint density at radius 2 is 1.41 bits per heavy atom. The number of esters is 1. The maximum atomic E-state index is 11.9. The van der Waals surface area contributed by atoms with Gasteiger partial charge in [0.1, 0.15) is 6.61 Å². The van der Waals surface area contributed by atoms with Crippen LogP contribution in [0.1, 0.15) is 83.5 Å². The van der Waals surface area contributed by atoms with Crippen molar-refractivity contribution in [3.8, 4) is 0 Å². The van der Waals surface area contributed by atoms with Crippen LogP contribution in [0.3, 0.4) is 0 Å². The quantitative estimate of drug-likeness (QED) is 0.274. The first kappa shape index (κ1) is 24.6. The molecule has 3 nitrogen and oxygen atoms in total. The van der Waals surface area contributed by atoms with Gasteiger partial charge in [-0.05, 0) is 91.4 Å². The molecule has 1 aromatic rings. The Morgan fingerprint density at radius 3 is 1.93 bits per heavy atom. The Morgan fingerprint density at radius 1 is 0.862 bits per heavy atom. The number of allylic oxidation sites excluding steroid dienone is 7. The van der Waals surface area contributed by atoms with Crippen LogP contribution in [0.2, 0.25) is 0 Å². The summed E-state index contributed by atoms with van der Waals surface area (Å²) in [6.45, 7) is 11.1. The van der Waals surface area contributed by atoms with E-state index in [1.165, 1.54) is 28.5 Å². The van der Waals surface area contributed by atoms with Crippen LogP contribution in [0.25, 0.3) is 0 Å². The molecule has 0 amide bonds. The first-order valence-electron chi connectivity index (χ1n) is 10.6. The van der Waals surface area contributed by atoms with Crippen molar-refractivity contribution in [2.24, 2.45) is 0 Å². The largest absolute Gasteiger partial charge is 0.458 e. The molecule has 1 aromatic heterocycles. The fraction of sp³-hybridized carbons (Fsp3) is 0.462. The average molecular weight is 396 g/mol. The summed E-state index contributed by atoms with van der Waals surface area (Å²) >= 11 is 0. The molecule has 0 atom stereocenters. The Labute approximate surface area is 177 Å². The molecule has 0 unspecified atom stereocenters. The second kappa shape index (κ2) is 14.6. The Hall–Kier alpha value is -2.42. The predicted molar refractivity (Wildman–Crippen MR) is 123 cm³/mol. The van der Waals surface area contributed by atoms with Crippen LogP contribution in [0.4, 0.5) is 0 Å². The molecule has 0 aromatic carbocycles. The zero-order chi connectivity index (χ0) is 21.5. The van der Waals surface area contributed by atoms with Gasteiger partial charge >= 0.3 is 5.97 Å². The number of hydrogen-bond donors (Lipinski definition) is 0. The van der Waals surface area contributed by atoms with Crippen LogP contribution in [0.15, 0.2) is 71.1 Å². The molecule has 0 bridgehead atoms. The van der Waals surface area contributed by atoms with E-state index in [2.05, 4.69) is 57.8 Å². The van der Waals surface area contributed by atoms with E-state index in [0.29, 0.717) is 12.2 Å². The lowest BCUT2D eigenvalue weighted by atomic mass is 10.0. The smallest absolute Gasteiger partial charge is 0.340 e. The summed E-state index contributed by atoms with van der Waals surface area (Å²) in [7, 11) is 0. The van der Waals surface area contributed by atoms with E-state index in [9.17, 15) is 4.79 Å². The summed E-state index contributed by atoms with van der Waals surface area (Å²) in [5.74, 6) is -0.331. The van der Waals surface area contributed by atoms with E-state index in [1.54, 1.807) is 18.3 Å². The summed E-state index contributed by atoms with van der Waals surface area (Å²) in [4.78, 5) is 15.8. The molecule has 1 heterocycles. The van der Waals surface area contributed by atoms with Gasteiger partial charge in [-0.2, -0.15) is 0 Å². The van der Waals surface area contributed by atoms with Gasteiger partial charge in [-0.15, -0.1) is 0 Å². The van der Waals surface area contributed by atoms with Gasteiger partial charge in [-0.3, -0.25) is 4.98 Å². The second-order valence-electron chi connectivity index (χ2n) is 7.89. The standard InChI is InChI=1S/C26H37NO2/c1-21(2)10-6-11-22(3)12-7-13-23(4)14-8-15-24(5)17-19-29-26(28)25-16-9-18-27-20-25/h9-10,12,14,16-18,20H,6-8,11,13,15,19H2,1-5H3/b22-12+,23-14?,24-17+. The van der Waals surface area contributed by atoms with E-state index < -0.39 is 0 Å². The summed E-state index contributed by atoms with van der Waals surface area (Å²) in [6.07, 6.45) is 18.7. The van der Waals surface area contributed by atoms with Crippen molar-refractivity contribution in [1.29, 1.82) is 0 Å². The fourth-order valence-electron chi connectivity index (χ4n) is 2.81. The number of hydrogen-bond acceptors (Lipinski definition) is 3. The lowest BCUT2D eigenvalue weighted by Gasteiger charge is -2.04. The van der Waals surface area contributed by atoms with Gasteiger partial charge in [-0.25, -0.2) is 4.79 Å². The molecule has 0 N–H and O–H groups in total. The van der Waals surface area contributed by atoms with E-state index in [4.69, 9.17) is 4.74 Å². The molecular weight excluding hydrogens is 358 g/mol. The van der Waals surface area contributed by atoms with E-state index in [1.807, 2.05) is 6.08 Å². The molecule has 0 spiro atoms. The summed E-state index contributed by atoms with van der Waals surface area (Å²) in [5.41, 5.74) is 6.04. The molecular formula is C26H37NO2. The highest BCUT2D eigenvalue weighted by Gasteiger charge is 2.05. The molecule has 29 heavy (non-hydrogen) atoms. The summed E-state index contributed by atoms with van der Waals surface area (Å²) in [5, 5.41) is 0. The fourth-order valence-corrected chi connectivity index (χ4v) is 2.81. The maximum absolute atomic E-state index is 11.9. The van der Waals surface area contributed by atoms with Gasteiger partial charge in [-0.1, -0.05) is 40.5 Å². The molecule has 3 heteroatoms. The minimum absolute atomic E-state index is 0.305. The topological polar surface area (TPSA) is 39.2 Å². The van der Waals surface area contributed by atoms with Gasteiger partial charge < -0.3 is 4.74 Å². The third-order valence-corrected chi connectivity index (χ3v) is 4.70. The number of rotatable bonds is 12. The molecule has 0 saturated carbocycles. The van der Waals surface area contributed by atoms with Crippen LogP contribution >= 0.6 is 0 Å². The molecule has 0 aliphatic carbocycles. The average Bonchev–Trinajstić information content (AvgIpc) is 2.68. The van der Waals surface area contributed by atoms with Crippen molar-refractivity contribution in [1.82, 2.24) is 4.98 Å². The van der Waals surface area contributed by atoms with Gasteiger partial charge in [0.05, 0.1) is 5.56 Å². The Kier molecular flexibility index (Phi) is 12.4. The van der Waals surface area contributed by atoms with Crippen LogP contribution in [-0.2, 0) is 4.74 Å². The first-order chi connectivity index (χ1) is 13.9. The third-order valence-electron chi connectivity index (χ3n) is 4.70. The van der Waals surface area contributed by atoms with E-state index in [-0.39, 0.29) is 5.97 Å². The van der Waals surface area contributed by atoms with E-state index in [0.717, 1.165) is 38.5 Å². The molecule has 0 aliphatic heterocycles. The van der Waals surface area contributed by atoms with Gasteiger partial charge in [0.2, 0.25) is 0 Å². The molecule has 0 radical (unpaired) electrons. The van der Waals surface area contributed by atoms with Gasteiger partial charge in [0.15, 0.2) is 0 Å². The molecule has 0 aliphatic rings. The monoisotopic (exact) mass is 395 g/mol. The number of ether oxygens (including phenoxy) is 1. The number of aromatic nitrogens is 1. The SMILES string of the molecule is CC(C)=CCC/C(C)=C/CCC(C)=CCC/C(C)=C/COC(=O)c1cccnc1. The van der Waals surface area contributed by atoms with Crippen molar-refractivity contribution in [3.63, 3.8) is 0 Å². The van der Waals surface area contributed by atoms with Crippen molar-refractivity contribution in [3.05, 3.63) is 76.7 Å². The highest BCUT2D eigenvalue weighted by molar-refractivity contribution is 5.88. The molecule has 1 rings (SSSR count). The second-order valence-corrected chi connectivity index (χ2v) is 7.89. The molecule has 0 saturated heterocycles. The van der Waals surface area contributed by atoms with Crippen LogP contribution in [0.5, 0.6) is 0 Å². The van der Waals surface area contributed by atoms with Crippen molar-refractivity contribution in [2.75, 3.05) is 6.61 Å². The van der Waals surface area contributed by atoms with Crippen LogP contribution in [-0.4, -0.2) is 17.6 Å². The van der Waals surface area contributed by atoms with Crippen molar-refractivity contribution in [2.45, 2.75) is 73.1 Å². The zero-order valence-corrected chi connectivity index (χ0v) is 18.8. The zero-order valence-electron chi connectivity index (χ0n) is 18.8.